The van der Waals surface area contributed by atoms with Gasteiger partial charge >= 0.3 is 0 Å². The lowest BCUT2D eigenvalue weighted by molar-refractivity contribution is 1.09. The third kappa shape index (κ3) is 85.4. The smallest absolute Gasteiger partial charge is 0.0163 e. The molecule has 0 saturated carbocycles. The van der Waals surface area contributed by atoms with Crippen LogP contribution in [0.2, 0.25) is 0 Å². The quantitative estimate of drug-likeness (QED) is 0.440. The van der Waals surface area contributed by atoms with Gasteiger partial charge in [0.15, 0.2) is 0 Å². The summed E-state index contributed by atoms with van der Waals surface area (Å²) in [6, 6.07) is 12.0. The van der Waals surface area contributed by atoms with Crippen molar-refractivity contribution in [2.45, 2.75) is 96.9 Å². The zero-order valence-corrected chi connectivity index (χ0v) is 17.2. The molecule has 1 aliphatic rings. The molecule has 148 valence electrons. The van der Waals surface area contributed by atoms with Gasteiger partial charge in [0, 0.05) is 0 Å². The van der Waals surface area contributed by atoms with Crippen LogP contribution in [0.4, 0.5) is 0 Å². The first-order valence-corrected chi connectivity index (χ1v) is 9.23. The molecule has 0 atom stereocenters. The maximum absolute atomic E-state index is 2.12. The molecular weight excluding hydrogens is 288 g/mol. The summed E-state index contributed by atoms with van der Waals surface area (Å²) in [6.07, 6.45) is 10.8. The Hall–Kier alpha value is -1.30. The lowest BCUT2D eigenvalue weighted by atomic mass is 10.4. The van der Waals surface area contributed by atoms with E-state index < -0.39 is 0 Å². The van der Waals surface area contributed by atoms with Gasteiger partial charge in [-0.1, -0.05) is 151 Å². The van der Waals surface area contributed by atoms with E-state index in [0.29, 0.717) is 0 Å². The molecule has 0 fully saturated rings. The number of benzene rings is 1. The van der Waals surface area contributed by atoms with Crippen LogP contribution in [0.1, 0.15) is 96.9 Å². The van der Waals surface area contributed by atoms with Crippen molar-refractivity contribution in [3.05, 3.63) is 60.7 Å². The summed E-state index contributed by atoms with van der Waals surface area (Å²) in [7, 11) is 0. The van der Waals surface area contributed by atoms with E-state index >= 15 is 0 Å². The molecule has 0 heterocycles. The highest BCUT2D eigenvalue weighted by Gasteiger charge is 1.72. The number of allylic oxidation sites excluding steroid dienone is 4. The van der Waals surface area contributed by atoms with Crippen LogP contribution in [0, 0.1) is 0 Å². The first-order valence-electron chi connectivity index (χ1n) is 9.23. The Morgan fingerprint density at radius 2 is 0.667 bits per heavy atom. The van der Waals surface area contributed by atoms with Crippen LogP contribution in [0.3, 0.4) is 0 Å². The first kappa shape index (κ1) is 43.4. The molecule has 0 saturated heterocycles. The fraction of sp³-hybridized carbons (Fsp3) is 0.583. The fourth-order valence-electron chi connectivity index (χ4n) is 0.778. The maximum Gasteiger partial charge on any atom is -0.0163 e. The minimum Gasteiger partial charge on any atom is -0.0808 e. The van der Waals surface area contributed by atoms with Gasteiger partial charge in [0.25, 0.3) is 0 Å². The highest BCUT2D eigenvalue weighted by atomic mass is 13.8. The van der Waals surface area contributed by atoms with Crippen LogP contribution >= 0.6 is 0 Å². The lowest BCUT2D eigenvalue weighted by Crippen LogP contribution is -1.47. The number of hydrogen-bond donors (Lipinski definition) is 0. The molecule has 0 heteroatoms. The van der Waals surface area contributed by atoms with Crippen molar-refractivity contribution in [1.29, 1.82) is 0 Å². The molecule has 0 radical (unpaired) electrons. The predicted octanol–water partition coefficient (Wildman–Crippen LogP) is 9.98. The van der Waals surface area contributed by atoms with Gasteiger partial charge in [-0.25, -0.2) is 0 Å². The minimum atomic E-state index is 0. The molecule has 0 spiro atoms. The summed E-state index contributed by atoms with van der Waals surface area (Å²) in [5, 5.41) is 0. The van der Waals surface area contributed by atoms with Gasteiger partial charge < -0.3 is 0 Å². The van der Waals surface area contributed by atoms with Crippen LogP contribution in [0.5, 0.6) is 0 Å². The van der Waals surface area contributed by atoms with Gasteiger partial charge in [0.1, 0.15) is 0 Å². The van der Waals surface area contributed by atoms with E-state index in [-0.39, 0.29) is 14.9 Å². The molecule has 2 rings (SSSR count). The average molecular weight is 341 g/mol. The minimum absolute atomic E-state index is 0. The van der Waals surface area contributed by atoms with Crippen molar-refractivity contribution in [3.63, 3.8) is 0 Å². The topological polar surface area (TPSA) is 0 Å². The van der Waals surface area contributed by atoms with Gasteiger partial charge in [0.2, 0.25) is 0 Å². The summed E-state index contributed by atoms with van der Waals surface area (Å²) < 4.78 is 0. The second-order valence-electron chi connectivity index (χ2n) is 2.95. The average Bonchev–Trinajstić information content (AvgIpc) is 3.24. The molecule has 0 nitrogen and oxygen atoms in total. The molecule has 0 N–H and O–H groups in total. The highest BCUT2D eigenvalue weighted by Crippen LogP contribution is 1.93. The van der Waals surface area contributed by atoms with Crippen LogP contribution < -0.4 is 0 Å². The van der Waals surface area contributed by atoms with E-state index in [4.69, 9.17) is 0 Å². The largest absolute Gasteiger partial charge is 0.0808 e. The van der Waals surface area contributed by atoms with Crippen molar-refractivity contribution in [2.24, 2.45) is 0 Å². The van der Waals surface area contributed by atoms with E-state index in [1.165, 1.54) is 6.42 Å². The van der Waals surface area contributed by atoms with Crippen molar-refractivity contribution in [3.8, 4) is 0 Å². The van der Waals surface area contributed by atoms with E-state index in [0.717, 1.165) is 6.42 Å². The van der Waals surface area contributed by atoms with E-state index in [9.17, 15) is 0 Å². The Kier molecular flexibility index (Phi) is 147. The van der Waals surface area contributed by atoms with Crippen molar-refractivity contribution in [2.75, 3.05) is 0 Å². The SMILES string of the molecule is C.C.C1=CCC=C1.CC.CC.CC.CC.CCC.c1ccccc1. The molecule has 1 aromatic carbocycles. The predicted molar refractivity (Wildman–Crippen MR) is 124 cm³/mol. The summed E-state index contributed by atoms with van der Waals surface area (Å²) in [5.41, 5.74) is 0. The van der Waals surface area contributed by atoms with Gasteiger partial charge in [-0.05, 0) is 6.42 Å². The Labute approximate surface area is 158 Å². The highest BCUT2D eigenvalue weighted by molar-refractivity contribution is 5.12. The summed E-state index contributed by atoms with van der Waals surface area (Å²) in [5.74, 6) is 0. The maximum atomic E-state index is 2.12. The monoisotopic (exact) mass is 340 g/mol. The van der Waals surface area contributed by atoms with Crippen LogP contribution in [-0.2, 0) is 0 Å². The number of hydrogen-bond acceptors (Lipinski definition) is 0. The lowest BCUT2D eigenvalue weighted by Gasteiger charge is -1.69. The molecule has 0 bridgehead atoms. The standard InChI is InChI=1S/C6H6.C5H6.C3H8.4C2H6.2CH4/c1-2-4-6-5-3-1;1-2-4-5-3-1;1-3-2;4*1-2;;/h1-6H;1-4H,5H2;3H2,1-2H3;4*1-2H3;2*1H4. The van der Waals surface area contributed by atoms with Crippen molar-refractivity contribution < 1.29 is 0 Å². The summed E-state index contributed by atoms with van der Waals surface area (Å²) in [6.45, 7) is 20.2. The van der Waals surface area contributed by atoms with Crippen LogP contribution in [-0.4, -0.2) is 0 Å². The molecule has 1 aliphatic carbocycles. The molecule has 0 amide bonds. The molecule has 0 aromatic heterocycles. The van der Waals surface area contributed by atoms with Crippen LogP contribution in [0.25, 0.3) is 0 Å². The second-order valence-corrected chi connectivity index (χ2v) is 2.95. The van der Waals surface area contributed by atoms with Crippen molar-refractivity contribution in [1.82, 2.24) is 0 Å². The third-order valence-electron chi connectivity index (χ3n) is 1.32. The Balaban J connectivity index is -0.0000000297. The van der Waals surface area contributed by atoms with E-state index in [1.54, 1.807) is 0 Å². The first-order chi connectivity index (χ1) is 10.9. The Morgan fingerprint density at radius 1 is 0.500 bits per heavy atom. The molecule has 0 aliphatic heterocycles. The van der Waals surface area contributed by atoms with Crippen LogP contribution in [0.15, 0.2) is 60.7 Å². The van der Waals surface area contributed by atoms with E-state index in [2.05, 4.69) is 38.2 Å². The van der Waals surface area contributed by atoms with Gasteiger partial charge in [-0.15, -0.1) is 0 Å². The van der Waals surface area contributed by atoms with E-state index in [1.807, 2.05) is 91.8 Å². The fourth-order valence-corrected chi connectivity index (χ4v) is 0.778. The van der Waals surface area contributed by atoms with Crippen molar-refractivity contribution >= 4 is 0 Å². The van der Waals surface area contributed by atoms with Gasteiger partial charge in [0.05, 0.1) is 0 Å². The number of rotatable bonds is 0. The normalized spacial score (nSPS) is 7.42. The molecule has 1 aromatic rings. The summed E-state index contributed by atoms with van der Waals surface area (Å²) in [4.78, 5) is 0. The second kappa shape index (κ2) is 81.2. The summed E-state index contributed by atoms with van der Waals surface area (Å²) >= 11 is 0. The molecular formula is C24H52. The van der Waals surface area contributed by atoms with Gasteiger partial charge in [-0.3, -0.25) is 0 Å². The third-order valence-corrected chi connectivity index (χ3v) is 1.32. The molecule has 24 heavy (non-hydrogen) atoms. The molecule has 0 unspecified atom stereocenters. The van der Waals surface area contributed by atoms with Gasteiger partial charge in [-0.2, -0.15) is 0 Å². The zero-order valence-electron chi connectivity index (χ0n) is 17.2. The Bertz CT molecular complexity index is 195. The zero-order chi connectivity index (χ0) is 18.5. The Morgan fingerprint density at radius 3 is 0.750 bits per heavy atom.